The van der Waals surface area contributed by atoms with Crippen molar-refractivity contribution >= 4 is 39.3 Å². The third kappa shape index (κ3) is 8.35. The van der Waals surface area contributed by atoms with E-state index in [9.17, 15) is 9.59 Å². The zero-order chi connectivity index (χ0) is 24.8. The number of halogens is 2. The Labute approximate surface area is 211 Å². The SMILES string of the molecule is CCC(C(=O)NC(C)(C)C)N(Cc1ccc(Cl)cc1)C(=O)COc1ccc(C(C)C)cc1Br. The van der Waals surface area contributed by atoms with Gasteiger partial charge in [0.2, 0.25) is 5.91 Å². The van der Waals surface area contributed by atoms with Gasteiger partial charge in [0.1, 0.15) is 11.8 Å². The Hall–Kier alpha value is -2.05. The Kier molecular flexibility index (Phi) is 9.80. The Balaban J connectivity index is 2.24. The molecule has 0 aliphatic heterocycles. The molecule has 180 valence electrons. The summed E-state index contributed by atoms with van der Waals surface area (Å²) in [5, 5.41) is 3.62. The summed E-state index contributed by atoms with van der Waals surface area (Å²) >= 11 is 9.55. The Morgan fingerprint density at radius 2 is 1.76 bits per heavy atom. The van der Waals surface area contributed by atoms with Gasteiger partial charge < -0.3 is 15.0 Å². The van der Waals surface area contributed by atoms with Crippen molar-refractivity contribution in [2.75, 3.05) is 6.61 Å². The zero-order valence-electron chi connectivity index (χ0n) is 20.2. The van der Waals surface area contributed by atoms with E-state index in [2.05, 4.69) is 35.1 Å². The van der Waals surface area contributed by atoms with Crippen LogP contribution in [-0.4, -0.2) is 34.9 Å². The van der Waals surface area contributed by atoms with Crippen LogP contribution in [0, 0.1) is 0 Å². The molecule has 0 heterocycles. The third-order valence-corrected chi connectivity index (χ3v) is 6.00. The van der Waals surface area contributed by atoms with Crippen molar-refractivity contribution < 1.29 is 14.3 Å². The van der Waals surface area contributed by atoms with Crippen LogP contribution < -0.4 is 10.1 Å². The van der Waals surface area contributed by atoms with Crippen molar-refractivity contribution in [2.24, 2.45) is 0 Å². The summed E-state index contributed by atoms with van der Waals surface area (Å²) < 4.78 is 6.65. The van der Waals surface area contributed by atoms with E-state index in [4.69, 9.17) is 16.3 Å². The lowest BCUT2D eigenvalue weighted by molar-refractivity contribution is -0.143. The number of carbonyl (C=O) groups is 2. The highest BCUT2D eigenvalue weighted by molar-refractivity contribution is 9.10. The Bertz CT molecular complexity index is 955. The molecule has 0 fully saturated rings. The van der Waals surface area contributed by atoms with E-state index < -0.39 is 11.6 Å². The molecule has 0 aromatic heterocycles. The maximum absolute atomic E-state index is 13.3. The molecule has 7 heteroatoms. The van der Waals surface area contributed by atoms with Gasteiger partial charge in [0, 0.05) is 17.1 Å². The van der Waals surface area contributed by atoms with Gasteiger partial charge in [0.25, 0.3) is 5.91 Å². The van der Waals surface area contributed by atoms with Crippen LogP contribution in [0.3, 0.4) is 0 Å². The second-order valence-electron chi connectivity index (χ2n) is 9.44. The van der Waals surface area contributed by atoms with Crippen LogP contribution in [0.1, 0.15) is 65.0 Å². The van der Waals surface area contributed by atoms with Crippen LogP contribution in [0.5, 0.6) is 5.75 Å². The average molecular weight is 538 g/mol. The second kappa shape index (κ2) is 11.9. The molecule has 2 amide bonds. The molecular formula is C26H34BrClN2O3. The molecule has 2 rings (SSSR count). The average Bonchev–Trinajstić information content (AvgIpc) is 2.72. The van der Waals surface area contributed by atoms with Crippen molar-refractivity contribution in [2.45, 2.75) is 72.0 Å². The predicted molar refractivity (Wildman–Crippen MR) is 138 cm³/mol. The number of amides is 2. The summed E-state index contributed by atoms with van der Waals surface area (Å²) in [6.45, 7) is 12.0. The highest BCUT2D eigenvalue weighted by atomic mass is 79.9. The number of nitrogens with zero attached hydrogens (tertiary/aromatic N) is 1. The van der Waals surface area contributed by atoms with Gasteiger partial charge in [-0.3, -0.25) is 9.59 Å². The van der Waals surface area contributed by atoms with Crippen molar-refractivity contribution in [1.82, 2.24) is 10.2 Å². The van der Waals surface area contributed by atoms with E-state index >= 15 is 0 Å². The van der Waals surface area contributed by atoms with Crippen molar-refractivity contribution in [1.29, 1.82) is 0 Å². The summed E-state index contributed by atoms with van der Waals surface area (Å²) in [6, 6.07) is 12.5. The summed E-state index contributed by atoms with van der Waals surface area (Å²) in [5.74, 6) is 0.528. The van der Waals surface area contributed by atoms with Gasteiger partial charge in [-0.15, -0.1) is 0 Å². The van der Waals surface area contributed by atoms with Crippen LogP contribution in [0.25, 0.3) is 0 Å². The van der Waals surface area contributed by atoms with Crippen LogP contribution in [0.4, 0.5) is 0 Å². The van der Waals surface area contributed by atoms with Gasteiger partial charge >= 0.3 is 0 Å². The quantitative estimate of drug-likeness (QED) is 0.407. The number of rotatable bonds is 9. The smallest absolute Gasteiger partial charge is 0.261 e. The minimum atomic E-state index is -0.622. The molecule has 0 aliphatic rings. The van der Waals surface area contributed by atoms with Crippen LogP contribution in [0.15, 0.2) is 46.9 Å². The van der Waals surface area contributed by atoms with Gasteiger partial charge in [0.05, 0.1) is 4.47 Å². The van der Waals surface area contributed by atoms with Gasteiger partial charge in [-0.1, -0.05) is 50.6 Å². The molecule has 1 N–H and O–H groups in total. The fourth-order valence-corrected chi connectivity index (χ4v) is 4.01. The summed E-state index contributed by atoms with van der Waals surface area (Å²) in [7, 11) is 0. The van der Waals surface area contributed by atoms with E-state index in [0.29, 0.717) is 23.1 Å². The molecular weight excluding hydrogens is 504 g/mol. The largest absolute Gasteiger partial charge is 0.483 e. The molecule has 33 heavy (non-hydrogen) atoms. The number of ether oxygens (including phenoxy) is 1. The summed E-state index contributed by atoms with van der Waals surface area (Å²) in [4.78, 5) is 27.9. The first-order valence-corrected chi connectivity index (χ1v) is 12.4. The maximum atomic E-state index is 13.3. The van der Waals surface area contributed by atoms with Crippen molar-refractivity contribution in [3.63, 3.8) is 0 Å². The van der Waals surface area contributed by atoms with Gasteiger partial charge in [-0.25, -0.2) is 0 Å². The molecule has 0 saturated carbocycles. The molecule has 0 bridgehead atoms. The van der Waals surface area contributed by atoms with Crippen LogP contribution in [-0.2, 0) is 16.1 Å². The van der Waals surface area contributed by atoms with E-state index in [-0.39, 0.29) is 25.0 Å². The van der Waals surface area contributed by atoms with E-state index in [0.717, 1.165) is 10.0 Å². The second-order valence-corrected chi connectivity index (χ2v) is 10.7. The highest BCUT2D eigenvalue weighted by Gasteiger charge is 2.31. The number of nitrogens with one attached hydrogen (secondary N) is 1. The standard InChI is InChI=1S/C26H34BrClN2O3/c1-7-22(25(32)29-26(4,5)6)30(15-18-8-11-20(28)12-9-18)24(31)16-33-23-13-10-19(17(2)3)14-21(23)27/h8-14,17,22H,7,15-16H2,1-6H3,(H,29,32). The lowest BCUT2D eigenvalue weighted by Crippen LogP contribution is -2.54. The van der Waals surface area contributed by atoms with Gasteiger partial charge in [-0.05, 0) is 84.4 Å². The molecule has 2 aromatic rings. The number of carbonyl (C=O) groups excluding carboxylic acids is 2. The first-order valence-electron chi connectivity index (χ1n) is 11.2. The van der Waals surface area contributed by atoms with Crippen LogP contribution in [0.2, 0.25) is 5.02 Å². The molecule has 0 spiro atoms. The molecule has 1 unspecified atom stereocenters. The predicted octanol–water partition coefficient (Wildman–Crippen LogP) is 6.33. The summed E-state index contributed by atoms with van der Waals surface area (Å²) in [6.07, 6.45) is 0.480. The Morgan fingerprint density at radius 1 is 1.12 bits per heavy atom. The van der Waals surface area contributed by atoms with Crippen molar-refractivity contribution in [3.05, 3.63) is 63.1 Å². The molecule has 5 nitrogen and oxygen atoms in total. The van der Waals surface area contributed by atoms with Gasteiger partial charge in [-0.2, -0.15) is 0 Å². The number of hydrogen-bond donors (Lipinski definition) is 1. The third-order valence-electron chi connectivity index (χ3n) is 5.12. The topological polar surface area (TPSA) is 58.6 Å². The lowest BCUT2D eigenvalue weighted by atomic mass is 10.0. The highest BCUT2D eigenvalue weighted by Crippen LogP contribution is 2.29. The first kappa shape index (κ1) is 27.2. The minimum Gasteiger partial charge on any atom is -0.483 e. The molecule has 0 saturated heterocycles. The van der Waals surface area contributed by atoms with E-state index in [1.165, 1.54) is 5.56 Å². The first-order chi connectivity index (χ1) is 15.4. The van der Waals surface area contributed by atoms with Gasteiger partial charge in [0.15, 0.2) is 6.61 Å². The normalized spacial score (nSPS) is 12.4. The van der Waals surface area contributed by atoms with Crippen LogP contribution >= 0.6 is 27.5 Å². The Morgan fingerprint density at radius 3 is 2.27 bits per heavy atom. The van der Waals surface area contributed by atoms with Crippen molar-refractivity contribution in [3.8, 4) is 5.75 Å². The zero-order valence-corrected chi connectivity index (χ0v) is 22.6. The molecule has 0 radical (unpaired) electrons. The van der Waals surface area contributed by atoms with E-state index in [1.54, 1.807) is 17.0 Å². The fraction of sp³-hybridized carbons (Fsp3) is 0.462. The monoisotopic (exact) mass is 536 g/mol. The molecule has 2 aromatic carbocycles. The fourth-order valence-electron chi connectivity index (χ4n) is 3.37. The molecule has 1 atom stereocenters. The number of benzene rings is 2. The number of hydrogen-bond acceptors (Lipinski definition) is 3. The van der Waals surface area contributed by atoms with E-state index in [1.807, 2.05) is 58.0 Å². The molecule has 0 aliphatic carbocycles. The minimum absolute atomic E-state index is 0.174. The maximum Gasteiger partial charge on any atom is 0.261 e. The summed E-state index contributed by atoms with van der Waals surface area (Å²) in [5.41, 5.74) is 1.66. The lowest BCUT2D eigenvalue weighted by Gasteiger charge is -2.33.